The average molecular weight is 485 g/mol. The molecule has 0 aliphatic carbocycles. The third-order valence-corrected chi connectivity index (χ3v) is 4.84. The Morgan fingerprint density at radius 3 is 2.43 bits per heavy atom. The van der Waals surface area contributed by atoms with Crippen LogP contribution in [0.3, 0.4) is 0 Å². The van der Waals surface area contributed by atoms with Gasteiger partial charge in [-0.25, -0.2) is 13.8 Å². The number of rotatable bonds is 6. The summed E-state index contributed by atoms with van der Waals surface area (Å²) in [7, 11) is 0. The van der Waals surface area contributed by atoms with Crippen molar-refractivity contribution < 1.29 is 31.5 Å². The molecule has 0 bridgehead atoms. The summed E-state index contributed by atoms with van der Waals surface area (Å²) in [6, 6.07) is 15.9. The Hall–Kier alpha value is -4.34. The summed E-state index contributed by atoms with van der Waals surface area (Å²) >= 11 is 0. The minimum Gasteiger partial charge on any atom is -0.472 e. The fourth-order valence-corrected chi connectivity index (χ4v) is 3.13. The van der Waals surface area contributed by atoms with Crippen LogP contribution in [-0.4, -0.2) is 15.9 Å². The molecule has 0 fully saturated rings. The molecule has 0 saturated carbocycles. The van der Waals surface area contributed by atoms with Gasteiger partial charge < -0.3 is 10.1 Å². The van der Waals surface area contributed by atoms with E-state index in [0.717, 1.165) is 30.5 Å². The fourth-order valence-electron chi connectivity index (χ4n) is 3.13. The second kappa shape index (κ2) is 9.88. The molecule has 0 unspecified atom stereocenters. The van der Waals surface area contributed by atoms with Gasteiger partial charge in [0.2, 0.25) is 5.88 Å². The first-order valence-corrected chi connectivity index (χ1v) is 10.2. The molecule has 1 N–H and O–H groups in total. The zero-order chi connectivity index (χ0) is 25.0. The minimum absolute atomic E-state index is 0.190. The van der Waals surface area contributed by atoms with Crippen LogP contribution in [0.4, 0.5) is 27.6 Å². The highest BCUT2D eigenvalue weighted by molar-refractivity contribution is 6.05. The molecule has 1 aromatic heterocycles. The van der Waals surface area contributed by atoms with Crippen molar-refractivity contribution in [1.82, 2.24) is 9.97 Å². The van der Waals surface area contributed by atoms with Crippen LogP contribution in [0.1, 0.15) is 21.5 Å². The summed E-state index contributed by atoms with van der Waals surface area (Å²) in [5.41, 5.74) is -0.535. The Kier molecular flexibility index (Phi) is 6.72. The largest absolute Gasteiger partial charge is 0.472 e. The van der Waals surface area contributed by atoms with Gasteiger partial charge in [-0.1, -0.05) is 42.5 Å². The number of hydrogen-bond donors (Lipinski definition) is 1. The van der Waals surface area contributed by atoms with Crippen LogP contribution in [-0.2, 0) is 12.8 Å². The summed E-state index contributed by atoms with van der Waals surface area (Å²) in [5, 5.41) is 2.29. The van der Waals surface area contributed by atoms with Crippen molar-refractivity contribution in [2.75, 3.05) is 5.32 Å². The molecule has 4 rings (SSSR count). The summed E-state index contributed by atoms with van der Waals surface area (Å²) in [4.78, 5) is 21.3. The van der Waals surface area contributed by atoms with E-state index in [4.69, 9.17) is 4.74 Å². The Labute approximate surface area is 196 Å². The number of amides is 1. The lowest BCUT2D eigenvalue weighted by atomic mass is 10.1. The average Bonchev–Trinajstić information content (AvgIpc) is 2.84. The van der Waals surface area contributed by atoms with Gasteiger partial charge in [-0.05, 0) is 29.8 Å². The van der Waals surface area contributed by atoms with E-state index in [9.17, 15) is 26.7 Å². The molecule has 0 aliphatic rings. The van der Waals surface area contributed by atoms with Crippen LogP contribution >= 0.6 is 0 Å². The Bertz CT molecular complexity index is 1360. The van der Waals surface area contributed by atoms with Gasteiger partial charge in [0.1, 0.15) is 23.8 Å². The highest BCUT2D eigenvalue weighted by Gasteiger charge is 2.30. The van der Waals surface area contributed by atoms with Crippen LogP contribution in [0.5, 0.6) is 5.88 Å². The van der Waals surface area contributed by atoms with Gasteiger partial charge in [-0.2, -0.15) is 18.2 Å². The third kappa shape index (κ3) is 5.78. The van der Waals surface area contributed by atoms with Crippen molar-refractivity contribution in [1.29, 1.82) is 0 Å². The number of halogens is 5. The molecule has 3 aromatic carbocycles. The van der Waals surface area contributed by atoms with E-state index in [1.807, 2.05) is 0 Å². The van der Waals surface area contributed by atoms with E-state index in [1.54, 1.807) is 30.3 Å². The van der Waals surface area contributed by atoms with Gasteiger partial charge in [0.25, 0.3) is 5.91 Å². The number of aromatic nitrogens is 2. The van der Waals surface area contributed by atoms with Gasteiger partial charge in [0.05, 0.1) is 11.3 Å². The molecule has 35 heavy (non-hydrogen) atoms. The molecule has 178 valence electrons. The van der Waals surface area contributed by atoms with Crippen molar-refractivity contribution in [3.05, 3.63) is 107 Å². The second-order valence-corrected chi connectivity index (χ2v) is 7.34. The molecular formula is C25H16F5N3O2. The molecule has 1 amide bonds. The molecular weight excluding hydrogens is 469 g/mol. The molecule has 0 saturated heterocycles. The monoisotopic (exact) mass is 485 g/mol. The lowest BCUT2D eigenvalue weighted by molar-refractivity contribution is -0.137. The van der Waals surface area contributed by atoms with Crippen LogP contribution in [0, 0.1) is 11.6 Å². The standard InChI is InChI=1S/C25H16F5N3O2/c26-18-9-10-21(20(27)12-18)32-23(34)19-13-31-22(16-6-2-1-3-7-16)33-24(19)35-14-15-5-4-8-17(11-15)25(28,29)30/h1-13H,14H2,(H,32,34). The molecule has 0 radical (unpaired) electrons. The van der Waals surface area contributed by atoms with Crippen molar-refractivity contribution >= 4 is 11.6 Å². The van der Waals surface area contributed by atoms with E-state index in [2.05, 4.69) is 15.3 Å². The van der Waals surface area contributed by atoms with Crippen LogP contribution < -0.4 is 10.1 Å². The quantitative estimate of drug-likeness (QED) is 0.327. The second-order valence-electron chi connectivity index (χ2n) is 7.34. The summed E-state index contributed by atoms with van der Waals surface area (Å²) in [5.74, 6) is -2.69. The third-order valence-electron chi connectivity index (χ3n) is 4.84. The van der Waals surface area contributed by atoms with Crippen molar-refractivity contribution in [2.24, 2.45) is 0 Å². The predicted molar refractivity (Wildman–Crippen MR) is 118 cm³/mol. The maximum Gasteiger partial charge on any atom is 0.416 e. The van der Waals surface area contributed by atoms with E-state index in [0.29, 0.717) is 11.6 Å². The van der Waals surface area contributed by atoms with Gasteiger partial charge in [0.15, 0.2) is 5.82 Å². The highest BCUT2D eigenvalue weighted by atomic mass is 19.4. The number of carbonyl (C=O) groups is 1. The summed E-state index contributed by atoms with van der Waals surface area (Å²) in [6.45, 7) is -0.333. The van der Waals surface area contributed by atoms with Gasteiger partial charge >= 0.3 is 6.18 Å². The van der Waals surface area contributed by atoms with Crippen LogP contribution in [0.25, 0.3) is 11.4 Å². The molecule has 10 heteroatoms. The Morgan fingerprint density at radius 1 is 0.943 bits per heavy atom. The molecule has 0 aliphatic heterocycles. The molecule has 1 heterocycles. The predicted octanol–water partition coefficient (Wildman–Crippen LogP) is 6.27. The number of nitrogens with one attached hydrogen (secondary N) is 1. The zero-order valence-electron chi connectivity index (χ0n) is 17.8. The normalized spacial score (nSPS) is 11.2. The molecule has 5 nitrogen and oxygen atoms in total. The zero-order valence-corrected chi connectivity index (χ0v) is 17.8. The molecule has 0 atom stereocenters. The number of nitrogens with zero attached hydrogens (tertiary/aromatic N) is 2. The highest BCUT2D eigenvalue weighted by Crippen LogP contribution is 2.30. The number of ether oxygens (including phenoxy) is 1. The smallest absolute Gasteiger partial charge is 0.416 e. The number of carbonyl (C=O) groups excluding carboxylic acids is 1. The van der Waals surface area contributed by atoms with Crippen LogP contribution in [0.2, 0.25) is 0 Å². The first-order chi connectivity index (χ1) is 16.7. The maximum absolute atomic E-state index is 14.0. The fraction of sp³-hybridized carbons (Fsp3) is 0.0800. The Morgan fingerprint density at radius 2 is 1.71 bits per heavy atom. The van der Waals surface area contributed by atoms with Crippen molar-refractivity contribution in [2.45, 2.75) is 12.8 Å². The lowest BCUT2D eigenvalue weighted by Gasteiger charge is -2.13. The summed E-state index contributed by atoms with van der Waals surface area (Å²) < 4.78 is 71.9. The lowest BCUT2D eigenvalue weighted by Crippen LogP contribution is -2.16. The first kappa shape index (κ1) is 23.8. The maximum atomic E-state index is 14.0. The van der Waals surface area contributed by atoms with Gasteiger partial charge in [-0.3, -0.25) is 4.79 Å². The van der Waals surface area contributed by atoms with E-state index < -0.39 is 29.3 Å². The first-order valence-electron chi connectivity index (χ1n) is 10.2. The van der Waals surface area contributed by atoms with Crippen LogP contribution in [0.15, 0.2) is 79.0 Å². The van der Waals surface area contributed by atoms with Crippen molar-refractivity contribution in [3.63, 3.8) is 0 Å². The number of alkyl halides is 3. The van der Waals surface area contributed by atoms with E-state index in [-0.39, 0.29) is 35.1 Å². The molecule has 0 spiro atoms. The number of anilines is 1. The number of hydrogen-bond acceptors (Lipinski definition) is 4. The number of benzene rings is 3. The van der Waals surface area contributed by atoms with Gasteiger partial charge in [-0.15, -0.1) is 0 Å². The van der Waals surface area contributed by atoms with Gasteiger partial charge in [0, 0.05) is 17.8 Å². The summed E-state index contributed by atoms with van der Waals surface area (Å²) in [6.07, 6.45) is -3.37. The Balaban J connectivity index is 1.65. The van der Waals surface area contributed by atoms with Crippen molar-refractivity contribution in [3.8, 4) is 17.3 Å². The van der Waals surface area contributed by atoms with E-state index in [1.165, 1.54) is 12.1 Å². The SMILES string of the molecule is O=C(Nc1ccc(F)cc1F)c1cnc(-c2ccccc2)nc1OCc1cccc(C(F)(F)F)c1. The minimum atomic E-state index is -4.53. The topological polar surface area (TPSA) is 64.1 Å². The molecule has 4 aromatic rings. The van der Waals surface area contributed by atoms with E-state index >= 15 is 0 Å².